The Morgan fingerprint density at radius 3 is 2.91 bits per heavy atom. The van der Waals surface area contributed by atoms with Gasteiger partial charge in [-0.1, -0.05) is 0 Å². The van der Waals surface area contributed by atoms with Gasteiger partial charge in [-0.05, 0) is 0 Å². The number of aliphatic hydroxyl groups is 1. The number of carboxylic acids is 1. The highest BCUT2D eigenvalue weighted by atomic mass is 16.4. The van der Waals surface area contributed by atoms with Crippen LogP contribution in [0.25, 0.3) is 0 Å². The van der Waals surface area contributed by atoms with Crippen LogP contribution in [0.4, 0.5) is 0 Å². The zero-order valence-electron chi connectivity index (χ0n) is 5.71. The smallest absolute Gasteiger partial charge is 0.332 e. The number of carbonyl (C=O) groups is 1. The summed E-state index contributed by atoms with van der Waals surface area (Å²) in [5, 5.41) is 17.1. The summed E-state index contributed by atoms with van der Waals surface area (Å²) in [5.74, 6) is -1.22. The van der Waals surface area contributed by atoms with Crippen molar-refractivity contribution in [1.29, 1.82) is 0 Å². The molecule has 0 aromatic heterocycles. The van der Waals surface area contributed by atoms with Gasteiger partial charge in [0.15, 0.2) is 6.10 Å². The predicted molar refractivity (Wildman–Crippen MR) is 39.0 cm³/mol. The molecule has 1 rings (SSSR count). The van der Waals surface area contributed by atoms with E-state index < -0.39 is 12.1 Å². The summed E-state index contributed by atoms with van der Waals surface area (Å²) in [6.45, 7) is 0. The van der Waals surface area contributed by atoms with Gasteiger partial charge in [0.2, 0.25) is 0 Å². The SMILES string of the molecule is O=C(O)[C@@H](O)C[C@H]1C=NC=N1. The van der Waals surface area contributed by atoms with Gasteiger partial charge in [0.25, 0.3) is 0 Å². The van der Waals surface area contributed by atoms with Gasteiger partial charge >= 0.3 is 5.97 Å². The van der Waals surface area contributed by atoms with E-state index in [1.807, 2.05) is 0 Å². The fourth-order valence-electron chi connectivity index (χ4n) is 0.752. The highest BCUT2D eigenvalue weighted by Gasteiger charge is 2.18. The van der Waals surface area contributed by atoms with Gasteiger partial charge in [-0.15, -0.1) is 0 Å². The molecule has 0 spiro atoms. The maximum absolute atomic E-state index is 10.1. The Balaban J connectivity index is 2.36. The average Bonchev–Trinajstić information content (AvgIpc) is 2.39. The molecule has 0 fully saturated rings. The van der Waals surface area contributed by atoms with E-state index in [1.165, 1.54) is 12.6 Å². The van der Waals surface area contributed by atoms with E-state index in [0.29, 0.717) is 0 Å². The molecule has 0 aromatic carbocycles. The summed E-state index contributed by atoms with van der Waals surface area (Å²) in [6, 6.07) is -0.277. The van der Waals surface area contributed by atoms with E-state index in [-0.39, 0.29) is 12.5 Å². The summed E-state index contributed by atoms with van der Waals surface area (Å²) in [4.78, 5) is 17.6. The maximum atomic E-state index is 10.1. The minimum Gasteiger partial charge on any atom is -0.479 e. The molecule has 0 radical (unpaired) electrons. The van der Waals surface area contributed by atoms with Gasteiger partial charge in [0, 0.05) is 12.6 Å². The van der Waals surface area contributed by atoms with E-state index >= 15 is 0 Å². The first-order valence-corrected chi connectivity index (χ1v) is 3.16. The van der Waals surface area contributed by atoms with E-state index in [0.717, 1.165) is 0 Å². The molecule has 5 nitrogen and oxygen atoms in total. The minimum absolute atomic E-state index is 0.0926. The zero-order valence-corrected chi connectivity index (χ0v) is 5.71. The Morgan fingerprint density at radius 2 is 2.45 bits per heavy atom. The normalized spacial score (nSPS) is 23.9. The lowest BCUT2D eigenvalue weighted by Crippen LogP contribution is -2.24. The highest BCUT2D eigenvalue weighted by Crippen LogP contribution is 2.03. The van der Waals surface area contributed by atoms with Crippen molar-refractivity contribution in [3.05, 3.63) is 0 Å². The molecule has 60 valence electrons. The molecule has 0 aromatic rings. The molecule has 0 unspecified atom stereocenters. The minimum atomic E-state index is -1.35. The molecule has 0 amide bonds. The quantitative estimate of drug-likeness (QED) is 0.567. The summed E-state index contributed by atoms with van der Waals surface area (Å²) in [5.41, 5.74) is 0. The zero-order chi connectivity index (χ0) is 8.27. The number of hydrogen-bond donors (Lipinski definition) is 2. The molecule has 0 saturated heterocycles. The molecule has 1 aliphatic rings. The molecular formula is C6H8N2O3. The Bertz CT molecular complexity index is 200. The molecule has 2 N–H and O–H groups in total. The van der Waals surface area contributed by atoms with Gasteiger partial charge in [-0.3, -0.25) is 4.99 Å². The van der Waals surface area contributed by atoms with Crippen molar-refractivity contribution in [2.24, 2.45) is 9.98 Å². The molecule has 0 aliphatic carbocycles. The average molecular weight is 156 g/mol. The second kappa shape index (κ2) is 3.25. The van der Waals surface area contributed by atoms with Gasteiger partial charge in [-0.2, -0.15) is 0 Å². The van der Waals surface area contributed by atoms with Crippen LogP contribution in [0.1, 0.15) is 6.42 Å². The number of hydrogen-bond acceptors (Lipinski definition) is 4. The third kappa shape index (κ3) is 2.12. The first-order valence-electron chi connectivity index (χ1n) is 3.16. The summed E-state index contributed by atoms with van der Waals surface area (Å²) >= 11 is 0. The third-order valence-corrected chi connectivity index (χ3v) is 1.33. The number of nitrogens with zero attached hydrogens (tertiary/aromatic N) is 2. The molecule has 0 bridgehead atoms. The Labute approximate surface area is 63.1 Å². The van der Waals surface area contributed by atoms with Crippen molar-refractivity contribution in [3.63, 3.8) is 0 Å². The van der Waals surface area contributed by atoms with Crippen LogP contribution >= 0.6 is 0 Å². The van der Waals surface area contributed by atoms with Gasteiger partial charge in [0.05, 0.1) is 6.04 Å². The van der Waals surface area contributed by atoms with Crippen molar-refractivity contribution in [2.75, 3.05) is 0 Å². The van der Waals surface area contributed by atoms with Gasteiger partial charge in [-0.25, -0.2) is 9.79 Å². The maximum Gasteiger partial charge on any atom is 0.332 e. The molecule has 11 heavy (non-hydrogen) atoms. The predicted octanol–water partition coefficient (Wildman–Crippen LogP) is -0.697. The van der Waals surface area contributed by atoms with E-state index in [2.05, 4.69) is 9.98 Å². The number of aliphatic hydroxyl groups excluding tert-OH is 1. The second-order valence-corrected chi connectivity index (χ2v) is 2.22. The fraction of sp³-hybridized carbons (Fsp3) is 0.500. The number of rotatable bonds is 3. The third-order valence-electron chi connectivity index (χ3n) is 1.33. The van der Waals surface area contributed by atoms with Gasteiger partial charge < -0.3 is 10.2 Å². The van der Waals surface area contributed by atoms with E-state index in [1.54, 1.807) is 0 Å². The van der Waals surface area contributed by atoms with Crippen molar-refractivity contribution < 1.29 is 15.0 Å². The van der Waals surface area contributed by atoms with Crippen molar-refractivity contribution in [1.82, 2.24) is 0 Å². The lowest BCUT2D eigenvalue weighted by molar-refractivity contribution is -0.146. The first-order chi connectivity index (χ1) is 5.20. The van der Waals surface area contributed by atoms with Crippen LogP contribution in [0.5, 0.6) is 0 Å². The summed E-state index contributed by atoms with van der Waals surface area (Å²) < 4.78 is 0. The molecule has 1 aliphatic heterocycles. The first kappa shape index (κ1) is 7.87. The Hall–Kier alpha value is -1.23. The summed E-state index contributed by atoms with van der Waals surface area (Å²) in [6.07, 6.45) is 1.60. The van der Waals surface area contributed by atoms with Crippen LogP contribution in [0.15, 0.2) is 9.98 Å². The van der Waals surface area contributed by atoms with Crippen LogP contribution in [-0.2, 0) is 4.79 Å². The van der Waals surface area contributed by atoms with Crippen LogP contribution < -0.4 is 0 Å². The number of carboxylic acid groups (broad SMARTS) is 1. The lowest BCUT2D eigenvalue weighted by Gasteiger charge is -2.05. The summed E-state index contributed by atoms with van der Waals surface area (Å²) in [7, 11) is 0. The standard InChI is InChI=1S/C6H8N2O3/c9-5(6(10)11)1-4-2-7-3-8-4/h2-5,9H,1H2,(H,10,11)/t4-,5-/m0/s1. The van der Waals surface area contributed by atoms with Crippen LogP contribution in [0, 0.1) is 0 Å². The van der Waals surface area contributed by atoms with E-state index in [9.17, 15) is 4.79 Å². The topological polar surface area (TPSA) is 82.2 Å². The lowest BCUT2D eigenvalue weighted by atomic mass is 10.1. The number of aliphatic imine (C=N–C) groups is 2. The van der Waals surface area contributed by atoms with Crippen LogP contribution in [-0.4, -0.2) is 40.9 Å². The highest BCUT2D eigenvalue weighted by molar-refractivity contribution is 5.83. The van der Waals surface area contributed by atoms with Crippen molar-refractivity contribution in [3.8, 4) is 0 Å². The van der Waals surface area contributed by atoms with Crippen molar-refractivity contribution >= 4 is 18.5 Å². The molecule has 5 heteroatoms. The second-order valence-electron chi connectivity index (χ2n) is 2.22. The van der Waals surface area contributed by atoms with Crippen LogP contribution in [0.2, 0.25) is 0 Å². The monoisotopic (exact) mass is 156 g/mol. The fourth-order valence-corrected chi connectivity index (χ4v) is 0.752. The molecule has 2 atom stereocenters. The van der Waals surface area contributed by atoms with E-state index in [4.69, 9.17) is 10.2 Å². The molecule has 1 heterocycles. The van der Waals surface area contributed by atoms with Crippen molar-refractivity contribution in [2.45, 2.75) is 18.6 Å². The largest absolute Gasteiger partial charge is 0.479 e. The Kier molecular flexibility index (Phi) is 2.32. The molecule has 0 saturated carbocycles. The number of aliphatic carboxylic acids is 1. The molecular weight excluding hydrogens is 148 g/mol. The Morgan fingerprint density at radius 1 is 1.73 bits per heavy atom. The van der Waals surface area contributed by atoms with Gasteiger partial charge in [0.1, 0.15) is 6.34 Å². The van der Waals surface area contributed by atoms with Crippen LogP contribution in [0.3, 0.4) is 0 Å².